The molecule has 1 amide bonds. The topological polar surface area (TPSA) is 83.6 Å². The average Bonchev–Trinajstić information content (AvgIpc) is 2.69. The molecular formula is C8H12BrN5O. The SMILES string of the molecule is C=C(Br)CNC(=O)C(CC)c1nn[nH]n1. The van der Waals surface area contributed by atoms with Gasteiger partial charge in [0.05, 0.1) is 0 Å². The second-order valence-electron chi connectivity index (χ2n) is 2.97. The molecule has 0 radical (unpaired) electrons. The van der Waals surface area contributed by atoms with E-state index in [1.165, 1.54) is 0 Å². The first-order chi connectivity index (χ1) is 7.15. The summed E-state index contributed by atoms with van der Waals surface area (Å²) in [6, 6.07) is 0. The maximum atomic E-state index is 11.7. The lowest BCUT2D eigenvalue weighted by molar-refractivity contribution is -0.122. The molecule has 15 heavy (non-hydrogen) atoms. The lowest BCUT2D eigenvalue weighted by Crippen LogP contribution is -2.30. The molecule has 7 heteroatoms. The van der Waals surface area contributed by atoms with Gasteiger partial charge in [-0.1, -0.05) is 34.6 Å². The molecule has 6 nitrogen and oxygen atoms in total. The van der Waals surface area contributed by atoms with Gasteiger partial charge >= 0.3 is 0 Å². The van der Waals surface area contributed by atoms with Crippen LogP contribution in [-0.4, -0.2) is 33.1 Å². The largest absolute Gasteiger partial charge is 0.351 e. The van der Waals surface area contributed by atoms with Gasteiger partial charge in [-0.25, -0.2) is 0 Å². The fraction of sp³-hybridized carbons (Fsp3) is 0.500. The Hall–Kier alpha value is -1.24. The van der Waals surface area contributed by atoms with Gasteiger partial charge in [0.15, 0.2) is 5.82 Å². The number of H-pyrrole nitrogens is 1. The summed E-state index contributed by atoms with van der Waals surface area (Å²) < 4.78 is 0.721. The third-order valence-electron chi connectivity index (χ3n) is 1.85. The number of hydrogen-bond acceptors (Lipinski definition) is 4. The minimum absolute atomic E-state index is 0.125. The van der Waals surface area contributed by atoms with Crippen LogP contribution in [0.25, 0.3) is 0 Å². The zero-order valence-electron chi connectivity index (χ0n) is 8.33. The molecule has 0 saturated carbocycles. The van der Waals surface area contributed by atoms with Crippen molar-refractivity contribution in [2.75, 3.05) is 6.54 Å². The molecule has 1 aromatic rings. The third-order valence-corrected chi connectivity index (χ3v) is 2.13. The van der Waals surface area contributed by atoms with Gasteiger partial charge < -0.3 is 5.32 Å². The summed E-state index contributed by atoms with van der Waals surface area (Å²) in [6.45, 7) is 5.92. The van der Waals surface area contributed by atoms with E-state index < -0.39 is 0 Å². The van der Waals surface area contributed by atoms with Crippen LogP contribution >= 0.6 is 15.9 Å². The Morgan fingerprint density at radius 3 is 2.93 bits per heavy atom. The predicted octanol–water partition coefficient (Wildman–Crippen LogP) is 0.718. The van der Waals surface area contributed by atoms with E-state index in [1.54, 1.807) is 0 Å². The van der Waals surface area contributed by atoms with Gasteiger partial charge in [0.2, 0.25) is 5.91 Å². The van der Waals surface area contributed by atoms with Crippen LogP contribution in [0.1, 0.15) is 25.1 Å². The number of tetrazole rings is 1. The van der Waals surface area contributed by atoms with Crippen LogP contribution < -0.4 is 5.32 Å². The number of carbonyl (C=O) groups excluding carboxylic acids is 1. The van der Waals surface area contributed by atoms with Crippen LogP contribution in [0.15, 0.2) is 11.1 Å². The fourth-order valence-corrected chi connectivity index (χ4v) is 1.25. The second kappa shape index (κ2) is 5.59. The smallest absolute Gasteiger partial charge is 0.231 e. The zero-order chi connectivity index (χ0) is 11.3. The molecule has 82 valence electrons. The number of nitrogens with one attached hydrogen (secondary N) is 2. The number of halogens is 1. The molecule has 1 heterocycles. The Kier molecular flexibility index (Phi) is 4.41. The van der Waals surface area contributed by atoms with Crippen molar-refractivity contribution in [3.05, 3.63) is 16.9 Å². The van der Waals surface area contributed by atoms with E-state index in [-0.39, 0.29) is 11.8 Å². The normalized spacial score (nSPS) is 12.1. The van der Waals surface area contributed by atoms with Crippen molar-refractivity contribution < 1.29 is 4.79 Å². The Morgan fingerprint density at radius 2 is 2.47 bits per heavy atom. The van der Waals surface area contributed by atoms with Gasteiger partial charge in [0.25, 0.3) is 0 Å². The van der Waals surface area contributed by atoms with Gasteiger partial charge in [-0.2, -0.15) is 5.21 Å². The van der Waals surface area contributed by atoms with Crippen molar-refractivity contribution in [3.63, 3.8) is 0 Å². The van der Waals surface area contributed by atoms with Gasteiger partial charge in [0.1, 0.15) is 5.92 Å². The number of hydrogen-bond donors (Lipinski definition) is 2. The van der Waals surface area contributed by atoms with Crippen molar-refractivity contribution in [1.29, 1.82) is 0 Å². The van der Waals surface area contributed by atoms with Crippen molar-refractivity contribution >= 4 is 21.8 Å². The van der Waals surface area contributed by atoms with Crippen molar-refractivity contribution in [3.8, 4) is 0 Å². The van der Waals surface area contributed by atoms with Crippen LogP contribution in [0.2, 0.25) is 0 Å². The van der Waals surface area contributed by atoms with Crippen LogP contribution in [0.4, 0.5) is 0 Å². The third kappa shape index (κ3) is 3.43. The maximum absolute atomic E-state index is 11.7. The first-order valence-corrected chi connectivity index (χ1v) is 5.28. The number of nitrogens with zero attached hydrogens (tertiary/aromatic N) is 3. The van der Waals surface area contributed by atoms with Crippen LogP contribution in [-0.2, 0) is 4.79 Å². The molecule has 0 aliphatic heterocycles. The van der Waals surface area contributed by atoms with Crippen molar-refractivity contribution in [2.24, 2.45) is 0 Å². The summed E-state index contributed by atoms with van der Waals surface area (Å²) in [4.78, 5) is 11.7. The monoisotopic (exact) mass is 273 g/mol. The quantitative estimate of drug-likeness (QED) is 0.828. The zero-order valence-corrected chi connectivity index (χ0v) is 9.91. The molecule has 0 fully saturated rings. The van der Waals surface area contributed by atoms with E-state index >= 15 is 0 Å². The molecule has 1 atom stereocenters. The van der Waals surface area contributed by atoms with Gasteiger partial charge in [-0.05, 0) is 6.42 Å². The highest BCUT2D eigenvalue weighted by molar-refractivity contribution is 9.11. The van der Waals surface area contributed by atoms with Gasteiger partial charge in [-0.15, -0.1) is 10.2 Å². The Labute approximate surface area is 95.6 Å². The predicted molar refractivity (Wildman–Crippen MR) is 58.3 cm³/mol. The van der Waals surface area contributed by atoms with E-state index in [0.29, 0.717) is 18.8 Å². The Balaban J connectivity index is 2.59. The molecule has 0 aliphatic carbocycles. The lowest BCUT2D eigenvalue weighted by atomic mass is 10.1. The van der Waals surface area contributed by atoms with E-state index in [2.05, 4.69) is 48.4 Å². The molecule has 1 unspecified atom stereocenters. The first kappa shape index (κ1) is 11.8. The van der Waals surface area contributed by atoms with Crippen molar-refractivity contribution in [1.82, 2.24) is 25.9 Å². The highest BCUT2D eigenvalue weighted by Crippen LogP contribution is 2.14. The molecule has 1 aromatic heterocycles. The number of aromatic amines is 1. The maximum Gasteiger partial charge on any atom is 0.231 e. The Bertz CT molecular complexity index is 337. The molecule has 0 spiro atoms. The first-order valence-electron chi connectivity index (χ1n) is 4.49. The average molecular weight is 274 g/mol. The van der Waals surface area contributed by atoms with Gasteiger partial charge in [-0.3, -0.25) is 4.79 Å². The molecule has 0 bridgehead atoms. The minimum Gasteiger partial charge on any atom is -0.351 e. The van der Waals surface area contributed by atoms with E-state index in [4.69, 9.17) is 0 Å². The molecule has 0 aliphatic rings. The van der Waals surface area contributed by atoms with Crippen molar-refractivity contribution in [2.45, 2.75) is 19.3 Å². The van der Waals surface area contributed by atoms with E-state index in [9.17, 15) is 4.79 Å². The number of amides is 1. The summed E-state index contributed by atoms with van der Waals surface area (Å²) in [5, 5.41) is 16.1. The van der Waals surface area contributed by atoms with Gasteiger partial charge in [0, 0.05) is 11.0 Å². The summed E-state index contributed by atoms with van der Waals surface area (Å²) in [5.74, 6) is -0.0784. The number of carbonyl (C=O) groups is 1. The molecular weight excluding hydrogens is 262 g/mol. The second-order valence-corrected chi connectivity index (χ2v) is 4.09. The van der Waals surface area contributed by atoms with E-state index in [1.807, 2.05) is 6.92 Å². The standard InChI is InChI=1S/C8H12BrN5O/c1-3-6(7-11-13-14-12-7)8(15)10-4-5(2)9/h6H,2-4H2,1H3,(H,10,15)(H,11,12,13,14). The van der Waals surface area contributed by atoms with E-state index in [0.717, 1.165) is 4.48 Å². The number of rotatable bonds is 5. The van der Waals surface area contributed by atoms with Crippen LogP contribution in [0.3, 0.4) is 0 Å². The number of aromatic nitrogens is 4. The molecule has 1 rings (SSSR count). The molecule has 2 N–H and O–H groups in total. The summed E-state index contributed by atoms with van der Waals surface area (Å²) in [6.07, 6.45) is 0.625. The Morgan fingerprint density at radius 1 is 1.73 bits per heavy atom. The highest BCUT2D eigenvalue weighted by Gasteiger charge is 2.22. The molecule has 0 saturated heterocycles. The molecule has 0 aromatic carbocycles. The fourth-order valence-electron chi connectivity index (χ4n) is 1.11. The minimum atomic E-state index is -0.365. The summed E-state index contributed by atoms with van der Waals surface area (Å²) in [5.41, 5.74) is 0. The highest BCUT2D eigenvalue weighted by atomic mass is 79.9. The van der Waals surface area contributed by atoms with Crippen LogP contribution in [0, 0.1) is 0 Å². The summed E-state index contributed by atoms with van der Waals surface area (Å²) in [7, 11) is 0. The lowest BCUT2D eigenvalue weighted by Gasteiger charge is -2.10. The summed E-state index contributed by atoms with van der Waals surface area (Å²) >= 11 is 3.16. The van der Waals surface area contributed by atoms with Crippen LogP contribution in [0.5, 0.6) is 0 Å².